The summed E-state index contributed by atoms with van der Waals surface area (Å²) in [6, 6.07) is 0. The minimum absolute atomic E-state index is 0.109. The van der Waals surface area contributed by atoms with Crippen molar-refractivity contribution in [2.45, 2.75) is 516 Å². The van der Waals surface area contributed by atoms with Crippen molar-refractivity contribution in [2.24, 2.45) is 11.8 Å². The lowest BCUT2D eigenvalue weighted by Crippen LogP contribution is -2.30. The van der Waals surface area contributed by atoms with Gasteiger partial charge in [-0.15, -0.1) is 0 Å². The second-order valence-electron chi connectivity index (χ2n) is 33.8. The summed E-state index contributed by atoms with van der Waals surface area (Å²) in [6.07, 6.45) is 77.8. The predicted molar refractivity (Wildman–Crippen MR) is 460 cm³/mol. The molecule has 0 aliphatic rings. The van der Waals surface area contributed by atoms with Crippen LogP contribution in [-0.2, 0) is 65.4 Å². The largest absolute Gasteiger partial charge is 0.472 e. The summed E-state index contributed by atoms with van der Waals surface area (Å²) in [5, 5.41) is 10.7. The molecule has 0 spiro atoms. The van der Waals surface area contributed by atoms with E-state index in [1.807, 2.05) is 0 Å². The fourth-order valence-corrected chi connectivity index (χ4v) is 16.0. The lowest BCUT2D eigenvalue weighted by Gasteiger charge is -2.21. The minimum Gasteiger partial charge on any atom is -0.462 e. The molecule has 0 bridgehead atoms. The van der Waals surface area contributed by atoms with Gasteiger partial charge in [0.2, 0.25) is 0 Å². The van der Waals surface area contributed by atoms with Crippen LogP contribution in [0.5, 0.6) is 0 Å². The first-order chi connectivity index (χ1) is 53.9. The fourth-order valence-electron chi connectivity index (χ4n) is 14.4. The highest BCUT2D eigenvalue weighted by atomic mass is 31.2. The molecule has 0 heterocycles. The smallest absolute Gasteiger partial charge is 0.462 e. The van der Waals surface area contributed by atoms with Crippen LogP contribution in [0, 0.1) is 11.8 Å². The summed E-state index contributed by atoms with van der Waals surface area (Å²) in [5.74, 6) is -0.399. The third-order valence-corrected chi connectivity index (χ3v) is 24.0. The van der Waals surface area contributed by atoms with Gasteiger partial charge in [-0.1, -0.05) is 446 Å². The molecule has 0 radical (unpaired) electrons. The number of unbranched alkanes of at least 4 members (excludes halogenated alkanes) is 60. The number of esters is 4. The van der Waals surface area contributed by atoms with Gasteiger partial charge in [-0.05, 0) is 37.5 Å². The molecule has 6 atom stereocenters. The number of ether oxygens (including phenoxy) is 4. The van der Waals surface area contributed by atoms with E-state index in [-0.39, 0.29) is 25.7 Å². The number of aliphatic hydroxyl groups excluding tert-OH is 1. The van der Waals surface area contributed by atoms with Crippen molar-refractivity contribution < 1.29 is 80.2 Å². The Balaban J connectivity index is 5.23. The van der Waals surface area contributed by atoms with Crippen LogP contribution in [0.3, 0.4) is 0 Å². The number of phosphoric ester groups is 2. The summed E-state index contributed by atoms with van der Waals surface area (Å²) >= 11 is 0. The molecule has 0 fully saturated rings. The highest BCUT2D eigenvalue weighted by Gasteiger charge is 2.31. The van der Waals surface area contributed by atoms with Gasteiger partial charge in [0.1, 0.15) is 19.3 Å². The van der Waals surface area contributed by atoms with Crippen LogP contribution >= 0.6 is 15.6 Å². The maximum absolute atomic E-state index is 13.2. The lowest BCUT2D eigenvalue weighted by molar-refractivity contribution is -0.161. The van der Waals surface area contributed by atoms with Gasteiger partial charge < -0.3 is 33.8 Å². The van der Waals surface area contributed by atoms with Gasteiger partial charge in [-0.25, -0.2) is 9.13 Å². The van der Waals surface area contributed by atoms with Crippen LogP contribution in [-0.4, -0.2) is 96.7 Å². The van der Waals surface area contributed by atoms with E-state index in [2.05, 4.69) is 41.5 Å². The molecule has 0 aromatic carbocycles. The van der Waals surface area contributed by atoms with Gasteiger partial charge in [-0.2, -0.15) is 0 Å². The average molecular weight is 1620 g/mol. The van der Waals surface area contributed by atoms with E-state index in [0.29, 0.717) is 25.7 Å². The molecule has 3 unspecified atom stereocenters. The number of aliphatic hydroxyl groups is 1. The molecular formula is C92H180O17P2. The monoisotopic (exact) mass is 1620 g/mol. The Hall–Kier alpha value is -1.94. The van der Waals surface area contributed by atoms with E-state index in [1.165, 1.54) is 315 Å². The Labute approximate surface area is 683 Å². The molecule has 0 aromatic rings. The average Bonchev–Trinajstić information content (AvgIpc) is 0.898. The number of carbonyl (C=O) groups excluding carboxylic acids is 4. The van der Waals surface area contributed by atoms with Gasteiger partial charge >= 0.3 is 39.5 Å². The first kappa shape index (κ1) is 109. The van der Waals surface area contributed by atoms with Crippen molar-refractivity contribution in [3.05, 3.63) is 0 Å². The minimum atomic E-state index is -4.97. The van der Waals surface area contributed by atoms with E-state index >= 15 is 0 Å². The predicted octanol–water partition coefficient (Wildman–Crippen LogP) is 28.6. The fraction of sp³-hybridized carbons (Fsp3) is 0.957. The second-order valence-corrected chi connectivity index (χ2v) is 36.7. The molecule has 0 aliphatic heterocycles. The van der Waals surface area contributed by atoms with E-state index in [4.69, 9.17) is 37.0 Å². The van der Waals surface area contributed by atoms with Crippen LogP contribution < -0.4 is 0 Å². The number of carbonyl (C=O) groups is 4. The maximum Gasteiger partial charge on any atom is 0.472 e. The second kappa shape index (κ2) is 83.1. The SMILES string of the molecule is CCCCCCCCCCCCCCCCCCCC(=O)O[C@H](COC(=O)CCCCCCCCCCCCC)COP(=O)(O)OC[C@H](O)COP(=O)(O)OC[C@@H](COC(=O)CCCCCCCCCCCCCCCCCCCCC(C)C)OC(=O)CCCCCCCCCCCCCCCCCCCCC(C)CC. The highest BCUT2D eigenvalue weighted by Crippen LogP contribution is 2.45. The van der Waals surface area contributed by atoms with Gasteiger partial charge in [0, 0.05) is 25.7 Å². The van der Waals surface area contributed by atoms with Crippen molar-refractivity contribution >= 4 is 39.5 Å². The van der Waals surface area contributed by atoms with Crippen molar-refractivity contribution in [1.82, 2.24) is 0 Å². The quantitative estimate of drug-likeness (QED) is 0.0222. The van der Waals surface area contributed by atoms with Gasteiger partial charge in [-0.3, -0.25) is 37.3 Å². The normalized spacial score (nSPS) is 14.0. The van der Waals surface area contributed by atoms with Gasteiger partial charge in [0.05, 0.1) is 26.4 Å². The Kier molecular flexibility index (Phi) is 81.7. The molecule has 19 heteroatoms. The third kappa shape index (κ3) is 84.3. The van der Waals surface area contributed by atoms with Crippen molar-refractivity contribution in [2.75, 3.05) is 39.6 Å². The molecular weight excluding hydrogens is 1440 g/mol. The van der Waals surface area contributed by atoms with Gasteiger partial charge in [0.15, 0.2) is 12.2 Å². The van der Waals surface area contributed by atoms with Crippen LogP contribution in [0.2, 0.25) is 0 Å². The first-order valence-electron chi connectivity index (χ1n) is 47.5. The number of rotatable bonds is 91. The van der Waals surface area contributed by atoms with Crippen molar-refractivity contribution in [3.63, 3.8) is 0 Å². The zero-order chi connectivity index (χ0) is 81.3. The summed E-state index contributed by atoms with van der Waals surface area (Å²) in [7, 11) is -9.94. The van der Waals surface area contributed by atoms with Crippen LogP contribution in [0.1, 0.15) is 497 Å². The number of hydrogen-bond donors (Lipinski definition) is 3. The zero-order valence-corrected chi connectivity index (χ0v) is 75.1. The molecule has 0 rings (SSSR count). The lowest BCUT2D eigenvalue weighted by atomic mass is 9.99. The summed E-state index contributed by atoms with van der Waals surface area (Å²) in [5.41, 5.74) is 0. The Morgan fingerprint density at radius 3 is 0.685 bits per heavy atom. The Morgan fingerprint density at radius 2 is 0.459 bits per heavy atom. The van der Waals surface area contributed by atoms with Crippen molar-refractivity contribution in [3.8, 4) is 0 Å². The van der Waals surface area contributed by atoms with Crippen LogP contribution in [0.15, 0.2) is 0 Å². The Morgan fingerprint density at radius 1 is 0.261 bits per heavy atom. The first-order valence-corrected chi connectivity index (χ1v) is 50.5. The van der Waals surface area contributed by atoms with Crippen LogP contribution in [0.4, 0.5) is 0 Å². The third-order valence-electron chi connectivity index (χ3n) is 22.1. The standard InChI is InChI=1S/C92H180O17P2/c1-7-10-12-14-16-18-20-21-22-27-35-40-46-52-58-64-70-76-91(96)108-87(80-102-89(94)74-68-62-56-50-42-19-17-15-13-11-8-2)82-106-110(98,99)104-78-86(93)79-105-111(100,101)107-83-88(81-103-90(95)75-69-63-57-51-45-39-34-30-25-23-28-32-37-43-48-54-60-66-72-84(4)5)109-92(97)77-71-65-59-53-47-41-36-31-26-24-29-33-38-44-49-55-61-67-73-85(6)9-3/h84-88,93H,7-83H2,1-6H3,(H,98,99)(H,100,101)/t85?,86-,87+,88+/m0/s1. The Bertz CT molecular complexity index is 2120. The topological polar surface area (TPSA) is 237 Å². The van der Waals surface area contributed by atoms with E-state index < -0.39 is 97.5 Å². The van der Waals surface area contributed by atoms with E-state index in [9.17, 15) is 43.2 Å². The molecule has 660 valence electrons. The highest BCUT2D eigenvalue weighted by molar-refractivity contribution is 7.47. The molecule has 0 amide bonds. The maximum atomic E-state index is 13.2. The summed E-state index contributed by atoms with van der Waals surface area (Å²) in [6.45, 7) is 9.81. The molecule has 17 nitrogen and oxygen atoms in total. The van der Waals surface area contributed by atoms with E-state index in [0.717, 1.165) is 102 Å². The zero-order valence-electron chi connectivity index (χ0n) is 73.3. The molecule has 0 aromatic heterocycles. The molecule has 0 saturated carbocycles. The van der Waals surface area contributed by atoms with E-state index in [1.54, 1.807) is 0 Å². The summed E-state index contributed by atoms with van der Waals surface area (Å²) in [4.78, 5) is 73.4. The van der Waals surface area contributed by atoms with Crippen LogP contribution in [0.25, 0.3) is 0 Å². The van der Waals surface area contributed by atoms with Gasteiger partial charge in [0.25, 0.3) is 0 Å². The number of phosphoric acid groups is 2. The molecule has 0 aliphatic carbocycles. The van der Waals surface area contributed by atoms with Crippen molar-refractivity contribution in [1.29, 1.82) is 0 Å². The number of hydrogen-bond acceptors (Lipinski definition) is 15. The summed E-state index contributed by atoms with van der Waals surface area (Å²) < 4.78 is 69.1. The molecule has 111 heavy (non-hydrogen) atoms. The molecule has 3 N–H and O–H groups in total. The molecule has 0 saturated heterocycles.